The van der Waals surface area contributed by atoms with Crippen molar-refractivity contribution < 1.29 is 45.1 Å². The molecule has 7 rings (SSSR count). The molecule has 0 nitrogen and oxygen atoms in total. The van der Waals surface area contributed by atoms with E-state index in [4.69, 9.17) is 0 Å². The molecule has 0 bridgehead atoms. The molecule has 3 aliphatic rings. The van der Waals surface area contributed by atoms with Gasteiger partial charge in [0, 0.05) is 0 Å². The molecule has 0 N–H and O–H groups in total. The van der Waals surface area contributed by atoms with E-state index in [1.54, 1.807) is 44.5 Å². The maximum absolute atomic E-state index is 2.93. The minimum atomic E-state index is -2.93. The summed E-state index contributed by atoms with van der Waals surface area (Å²) in [5.74, 6) is 1.10. The summed E-state index contributed by atoms with van der Waals surface area (Å²) in [6.07, 6.45) is 5.39. The minimum absolute atomic E-state index is 0. The Morgan fingerprint density at radius 1 is 0.489 bits per heavy atom. The molecular formula is C44H50Cl2Zr. The largest absolute Gasteiger partial charge is 1.00 e. The molecule has 0 radical (unpaired) electrons. The van der Waals surface area contributed by atoms with Gasteiger partial charge in [-0.3, -0.25) is 0 Å². The number of benzene rings is 4. The fraction of sp³-hybridized carbons (Fsp3) is 0.364. The summed E-state index contributed by atoms with van der Waals surface area (Å²) in [6.45, 7) is 24.3. The predicted octanol–water partition coefficient (Wildman–Crippen LogP) is 6.77. The molecule has 4 aromatic rings. The van der Waals surface area contributed by atoms with Crippen LogP contribution in [0.5, 0.6) is 0 Å². The van der Waals surface area contributed by atoms with Crippen LogP contribution in [0.2, 0.25) is 8.26 Å². The van der Waals surface area contributed by atoms with Crippen LogP contribution in [0, 0.1) is 53.4 Å². The van der Waals surface area contributed by atoms with Crippen LogP contribution < -0.4 is 24.8 Å². The van der Waals surface area contributed by atoms with E-state index >= 15 is 0 Å². The predicted molar refractivity (Wildman–Crippen MR) is 193 cm³/mol. The summed E-state index contributed by atoms with van der Waals surface area (Å²) >= 11 is -2.93. The first-order chi connectivity index (χ1) is 21.5. The van der Waals surface area contributed by atoms with Crippen LogP contribution >= 0.6 is 0 Å². The van der Waals surface area contributed by atoms with Crippen molar-refractivity contribution in [1.29, 1.82) is 0 Å². The van der Waals surface area contributed by atoms with Crippen LogP contribution in [0.25, 0.3) is 34.4 Å². The van der Waals surface area contributed by atoms with Crippen molar-refractivity contribution in [3.8, 4) is 22.3 Å². The molecular weight excluding hydrogens is 691 g/mol. The molecule has 0 aromatic heterocycles. The Kier molecular flexibility index (Phi) is 10.2. The fourth-order valence-corrected chi connectivity index (χ4v) is 27.9. The molecule has 2 aliphatic carbocycles. The van der Waals surface area contributed by atoms with Crippen molar-refractivity contribution in [2.75, 3.05) is 0 Å². The third-order valence-electron chi connectivity index (χ3n) is 12.2. The Morgan fingerprint density at radius 2 is 0.830 bits per heavy atom. The van der Waals surface area contributed by atoms with Gasteiger partial charge in [0.05, 0.1) is 0 Å². The topological polar surface area (TPSA) is 0 Å². The molecule has 47 heavy (non-hydrogen) atoms. The smallest absolute Gasteiger partial charge is 1.00 e. The van der Waals surface area contributed by atoms with E-state index < -0.39 is 20.3 Å². The summed E-state index contributed by atoms with van der Waals surface area (Å²) in [6, 6.07) is 22.5. The molecule has 1 saturated heterocycles. The maximum atomic E-state index is 2.70. The fourth-order valence-electron chi connectivity index (χ4n) is 9.38. The van der Waals surface area contributed by atoms with Gasteiger partial charge in [0.15, 0.2) is 0 Å². The monoisotopic (exact) mass is 738 g/mol. The van der Waals surface area contributed by atoms with Gasteiger partial charge >= 0.3 is 279 Å². The minimum Gasteiger partial charge on any atom is -1.00 e. The van der Waals surface area contributed by atoms with Gasteiger partial charge in [-0.15, -0.1) is 0 Å². The Hall–Kier alpha value is -2.18. The van der Waals surface area contributed by atoms with Crippen molar-refractivity contribution in [2.24, 2.45) is 11.8 Å². The van der Waals surface area contributed by atoms with Gasteiger partial charge in [-0.05, 0) is 0 Å². The molecule has 2 atom stereocenters. The molecule has 2 unspecified atom stereocenters. The molecule has 1 heterocycles. The van der Waals surface area contributed by atoms with E-state index in [1.165, 1.54) is 52.8 Å². The summed E-state index contributed by atoms with van der Waals surface area (Å²) in [5.41, 5.74) is 24.8. The van der Waals surface area contributed by atoms with Crippen LogP contribution in [-0.4, -0.2) is 0 Å². The Labute approximate surface area is 301 Å². The third kappa shape index (κ3) is 5.43. The first-order valence-corrected chi connectivity index (χ1v) is 23.6. The van der Waals surface area contributed by atoms with Gasteiger partial charge in [-0.2, -0.15) is 0 Å². The van der Waals surface area contributed by atoms with Gasteiger partial charge in [0.1, 0.15) is 0 Å². The second-order valence-electron chi connectivity index (χ2n) is 15.1. The zero-order valence-electron chi connectivity index (χ0n) is 29.9. The first-order valence-electron chi connectivity index (χ1n) is 17.3. The van der Waals surface area contributed by atoms with Crippen molar-refractivity contribution in [3.05, 3.63) is 127 Å². The Balaban J connectivity index is 0.00000217. The van der Waals surface area contributed by atoms with Crippen molar-refractivity contribution in [3.63, 3.8) is 0 Å². The second-order valence-corrected chi connectivity index (χ2v) is 26.4. The van der Waals surface area contributed by atoms with Crippen LogP contribution in [0.15, 0.2) is 71.8 Å². The molecule has 4 aromatic carbocycles. The van der Waals surface area contributed by atoms with Crippen LogP contribution in [-0.2, 0) is 20.3 Å². The standard InChI is InChI=1S/2C21H23.C2H4.2ClH.Zr/c2*1-13(2)18-11-19-15(4)14(3)16(5)21(20(19)12-18)17-9-7-6-8-10-17;1-2;;;/h2*6-13H,1-5H3;1-2H2;2*1H;/q;;;;;+2/p-2. The van der Waals surface area contributed by atoms with E-state index in [-0.39, 0.29) is 24.8 Å². The summed E-state index contributed by atoms with van der Waals surface area (Å²) in [4.78, 5) is 0. The first kappa shape index (κ1) is 36.1. The average molecular weight is 741 g/mol. The van der Waals surface area contributed by atoms with Gasteiger partial charge in [0.25, 0.3) is 0 Å². The molecule has 0 saturated carbocycles. The van der Waals surface area contributed by atoms with Crippen LogP contribution in [0.4, 0.5) is 0 Å². The maximum Gasteiger partial charge on any atom is -1.00 e. The number of allylic oxidation sites excluding steroid dienone is 2. The summed E-state index contributed by atoms with van der Waals surface area (Å²) in [7, 11) is 0. The van der Waals surface area contributed by atoms with Gasteiger partial charge in [-0.25, -0.2) is 0 Å². The van der Waals surface area contributed by atoms with Crippen molar-refractivity contribution in [1.82, 2.24) is 0 Å². The number of halogens is 2. The number of hydrogen-bond donors (Lipinski definition) is 0. The molecule has 3 heteroatoms. The van der Waals surface area contributed by atoms with Crippen LogP contribution in [0.1, 0.15) is 90.6 Å². The van der Waals surface area contributed by atoms with E-state index in [9.17, 15) is 0 Å². The third-order valence-corrected chi connectivity index (χ3v) is 25.0. The average Bonchev–Trinajstić information content (AvgIpc) is 3.55. The van der Waals surface area contributed by atoms with E-state index in [2.05, 4.69) is 142 Å². The van der Waals surface area contributed by atoms with Crippen molar-refractivity contribution in [2.45, 2.75) is 84.7 Å². The summed E-state index contributed by atoms with van der Waals surface area (Å²) in [5, 5.41) is 0. The molecule has 1 aliphatic heterocycles. The van der Waals surface area contributed by atoms with E-state index in [0.29, 0.717) is 19.1 Å². The second kappa shape index (κ2) is 13.3. The number of rotatable bonds is 6. The molecule has 0 spiro atoms. The van der Waals surface area contributed by atoms with E-state index in [0.717, 1.165) is 0 Å². The quantitative estimate of drug-likeness (QED) is 0.205. The van der Waals surface area contributed by atoms with Crippen LogP contribution in [0.3, 0.4) is 0 Å². The zero-order chi connectivity index (χ0) is 31.9. The SMILES string of the molecule is Cc1c(C)c(-c2ccccc2)c2c(c1C)[CH]([Zr+2]1([CH]3C(C(C)C)=Cc4c(-c5ccccc5)c(C)c(C)c(C)c43)[CH2][CH2]1)C(C(C)C)=C2.[Cl-].[Cl-]. The van der Waals surface area contributed by atoms with Gasteiger partial charge < -0.3 is 24.8 Å². The molecule has 0 amide bonds. The normalized spacial score (nSPS) is 18.0. The Morgan fingerprint density at radius 3 is 1.13 bits per heavy atom. The number of fused-ring (bicyclic) bond motifs is 2. The van der Waals surface area contributed by atoms with Gasteiger partial charge in [-0.1, -0.05) is 0 Å². The van der Waals surface area contributed by atoms with Crippen molar-refractivity contribution >= 4 is 12.2 Å². The molecule has 244 valence electrons. The number of hydrogen-bond acceptors (Lipinski definition) is 0. The Bertz CT molecular complexity index is 1770. The zero-order valence-corrected chi connectivity index (χ0v) is 33.9. The van der Waals surface area contributed by atoms with Gasteiger partial charge in [0.2, 0.25) is 0 Å². The van der Waals surface area contributed by atoms with E-state index in [1.807, 2.05) is 0 Å². The summed E-state index contributed by atoms with van der Waals surface area (Å²) < 4.78 is 4.29. The molecule has 1 fully saturated rings.